The minimum absolute atomic E-state index is 0.0739. The van der Waals surface area contributed by atoms with Crippen LogP contribution in [0.2, 0.25) is 23.3 Å². The van der Waals surface area contributed by atoms with Crippen molar-refractivity contribution in [2.75, 3.05) is 13.2 Å². The summed E-state index contributed by atoms with van der Waals surface area (Å²) in [6.45, 7) is 16.0. The lowest BCUT2D eigenvalue weighted by molar-refractivity contribution is -0.0535. The van der Waals surface area contributed by atoms with Gasteiger partial charge in [-0.3, -0.25) is 0 Å². The number of aromatic nitrogens is 3. The zero-order valence-electron chi connectivity index (χ0n) is 17.6. The van der Waals surface area contributed by atoms with Gasteiger partial charge < -0.3 is 18.5 Å². The second kappa shape index (κ2) is 8.92. The summed E-state index contributed by atoms with van der Waals surface area (Å²) < 4.78 is 21.9. The molecule has 1 aliphatic rings. The van der Waals surface area contributed by atoms with E-state index in [-0.39, 0.29) is 23.5 Å². The molecule has 0 spiro atoms. The summed E-state index contributed by atoms with van der Waals surface area (Å²) >= 11 is 8.55. The van der Waals surface area contributed by atoms with Gasteiger partial charge in [-0.05, 0) is 40.7 Å². The lowest BCUT2D eigenvalue weighted by Crippen LogP contribution is -2.44. The zero-order valence-corrected chi connectivity index (χ0v) is 21.5. The molecule has 29 heavy (non-hydrogen) atoms. The molecular weight excluding hydrogens is 521 g/mol. The van der Waals surface area contributed by atoms with Crippen LogP contribution in [0.5, 0.6) is 0 Å². The van der Waals surface area contributed by atoms with Gasteiger partial charge in [0.1, 0.15) is 29.5 Å². The van der Waals surface area contributed by atoms with Crippen LogP contribution in [0.3, 0.4) is 0 Å². The van der Waals surface area contributed by atoms with Crippen molar-refractivity contribution >= 4 is 53.5 Å². The SMILES string of the molecule is C=CCO[C@@H]1C[C@H](n2cc(I)c3c(Cl)ncnc32)O[C@@H]1CO[Si](C)(C)C(C)(C)C. The van der Waals surface area contributed by atoms with Gasteiger partial charge in [-0.1, -0.05) is 38.4 Å². The van der Waals surface area contributed by atoms with Gasteiger partial charge in [0, 0.05) is 16.2 Å². The second-order valence-corrected chi connectivity index (χ2v) is 15.2. The Kier molecular flexibility index (Phi) is 7.12. The Balaban J connectivity index is 1.82. The molecule has 2 aromatic heterocycles. The van der Waals surface area contributed by atoms with Crippen molar-refractivity contribution in [3.8, 4) is 0 Å². The highest BCUT2D eigenvalue weighted by atomic mass is 127. The molecule has 0 aliphatic carbocycles. The Morgan fingerprint density at radius 3 is 2.79 bits per heavy atom. The second-order valence-electron chi connectivity index (χ2n) is 8.84. The Morgan fingerprint density at radius 2 is 2.14 bits per heavy atom. The van der Waals surface area contributed by atoms with Gasteiger partial charge in [-0.15, -0.1) is 6.58 Å². The van der Waals surface area contributed by atoms with Crippen LogP contribution >= 0.6 is 34.2 Å². The fourth-order valence-corrected chi connectivity index (χ4v) is 5.32. The Bertz CT molecular complexity index is 884. The molecule has 160 valence electrons. The third-order valence-electron chi connectivity index (χ3n) is 5.85. The van der Waals surface area contributed by atoms with E-state index in [1.807, 2.05) is 10.8 Å². The molecule has 3 heterocycles. The molecule has 3 rings (SSSR count). The number of hydrogen-bond donors (Lipinski definition) is 0. The predicted molar refractivity (Wildman–Crippen MR) is 127 cm³/mol. The van der Waals surface area contributed by atoms with Crippen LogP contribution in [0, 0.1) is 3.57 Å². The summed E-state index contributed by atoms with van der Waals surface area (Å²) in [6, 6.07) is 0. The fraction of sp³-hybridized carbons (Fsp3) is 0.600. The van der Waals surface area contributed by atoms with E-state index in [0.717, 1.165) is 14.6 Å². The lowest BCUT2D eigenvalue weighted by atomic mass is 10.2. The number of hydrogen-bond acceptors (Lipinski definition) is 5. The van der Waals surface area contributed by atoms with E-state index in [4.69, 9.17) is 25.5 Å². The van der Waals surface area contributed by atoms with Crippen LogP contribution < -0.4 is 0 Å². The summed E-state index contributed by atoms with van der Waals surface area (Å²) in [4.78, 5) is 8.54. The van der Waals surface area contributed by atoms with Gasteiger partial charge in [-0.25, -0.2) is 9.97 Å². The van der Waals surface area contributed by atoms with Gasteiger partial charge in [0.2, 0.25) is 0 Å². The molecule has 0 aromatic carbocycles. The maximum atomic E-state index is 6.43. The van der Waals surface area contributed by atoms with E-state index >= 15 is 0 Å². The van der Waals surface area contributed by atoms with Crippen molar-refractivity contribution in [3.63, 3.8) is 0 Å². The lowest BCUT2D eigenvalue weighted by Gasteiger charge is -2.37. The monoisotopic (exact) mass is 549 g/mol. The molecule has 1 saturated heterocycles. The zero-order chi connectivity index (χ0) is 21.4. The molecule has 0 unspecified atom stereocenters. The van der Waals surface area contributed by atoms with Crippen LogP contribution in [0.4, 0.5) is 0 Å². The van der Waals surface area contributed by atoms with E-state index in [1.165, 1.54) is 6.33 Å². The molecule has 0 radical (unpaired) electrons. The van der Waals surface area contributed by atoms with Crippen molar-refractivity contribution in [2.45, 2.75) is 63.8 Å². The standard InChI is InChI=1S/C20H29ClIN3O3Si/c1-7-8-26-14-9-16(28-15(14)11-27-29(5,6)20(2,3)4)25-10-13(22)17-18(21)23-12-24-19(17)25/h7,10,12,14-16H,1,8-9,11H2,2-6H3/t14-,15-,16-/m1/s1. The van der Waals surface area contributed by atoms with Crippen LogP contribution in [0.25, 0.3) is 11.0 Å². The van der Waals surface area contributed by atoms with Crippen LogP contribution in [0.1, 0.15) is 33.4 Å². The molecule has 3 atom stereocenters. The first-order valence-electron chi connectivity index (χ1n) is 9.73. The topological polar surface area (TPSA) is 58.4 Å². The highest BCUT2D eigenvalue weighted by molar-refractivity contribution is 14.1. The molecule has 0 amide bonds. The first-order valence-corrected chi connectivity index (χ1v) is 14.1. The van der Waals surface area contributed by atoms with E-state index in [9.17, 15) is 0 Å². The third-order valence-corrected chi connectivity index (χ3v) is 11.5. The Labute approximate surface area is 192 Å². The van der Waals surface area contributed by atoms with Gasteiger partial charge in [0.05, 0.1) is 24.7 Å². The van der Waals surface area contributed by atoms with E-state index < -0.39 is 8.32 Å². The molecule has 2 aromatic rings. The number of fused-ring (bicyclic) bond motifs is 1. The van der Waals surface area contributed by atoms with E-state index in [0.29, 0.717) is 24.8 Å². The normalized spacial score (nSPS) is 23.1. The summed E-state index contributed by atoms with van der Waals surface area (Å²) in [5.74, 6) is 0. The number of rotatable bonds is 7. The maximum absolute atomic E-state index is 6.43. The third kappa shape index (κ3) is 4.88. The predicted octanol–water partition coefficient (Wildman–Crippen LogP) is 5.57. The van der Waals surface area contributed by atoms with Gasteiger partial charge in [0.25, 0.3) is 0 Å². The van der Waals surface area contributed by atoms with Crippen LogP contribution in [-0.4, -0.2) is 48.3 Å². The van der Waals surface area contributed by atoms with Crippen molar-refractivity contribution in [1.82, 2.24) is 14.5 Å². The molecule has 0 saturated carbocycles. The molecule has 9 heteroatoms. The van der Waals surface area contributed by atoms with Crippen LogP contribution in [-0.2, 0) is 13.9 Å². The number of halogens is 2. The fourth-order valence-electron chi connectivity index (χ4n) is 3.12. The molecular formula is C20H29ClIN3O3Si. The average Bonchev–Trinajstić information content (AvgIpc) is 3.19. The molecule has 0 bridgehead atoms. The maximum Gasteiger partial charge on any atom is 0.192 e. The number of nitrogens with zero attached hydrogens (tertiary/aromatic N) is 3. The van der Waals surface area contributed by atoms with Crippen LogP contribution in [0.15, 0.2) is 25.2 Å². The largest absolute Gasteiger partial charge is 0.414 e. The van der Waals surface area contributed by atoms with E-state index in [2.05, 4.69) is 73.0 Å². The molecule has 1 fully saturated rings. The quantitative estimate of drug-likeness (QED) is 0.196. The summed E-state index contributed by atoms with van der Waals surface area (Å²) in [6.07, 6.45) is 5.54. The molecule has 1 aliphatic heterocycles. The molecule has 0 N–H and O–H groups in total. The highest BCUT2D eigenvalue weighted by Crippen LogP contribution is 2.39. The number of ether oxygens (including phenoxy) is 2. The van der Waals surface area contributed by atoms with Gasteiger partial charge in [-0.2, -0.15) is 0 Å². The van der Waals surface area contributed by atoms with Gasteiger partial charge in [0.15, 0.2) is 8.32 Å². The minimum Gasteiger partial charge on any atom is -0.414 e. The highest BCUT2D eigenvalue weighted by Gasteiger charge is 2.42. The van der Waals surface area contributed by atoms with Gasteiger partial charge >= 0.3 is 0 Å². The first kappa shape index (κ1) is 23.1. The average molecular weight is 550 g/mol. The summed E-state index contributed by atoms with van der Waals surface area (Å²) in [5, 5.41) is 1.44. The van der Waals surface area contributed by atoms with E-state index in [1.54, 1.807) is 6.08 Å². The first-order chi connectivity index (χ1) is 13.5. The summed E-state index contributed by atoms with van der Waals surface area (Å²) in [5.41, 5.74) is 0.771. The van der Waals surface area contributed by atoms with Crippen molar-refractivity contribution < 1.29 is 13.9 Å². The smallest absolute Gasteiger partial charge is 0.192 e. The summed E-state index contributed by atoms with van der Waals surface area (Å²) in [7, 11) is -1.88. The minimum atomic E-state index is -1.88. The van der Waals surface area contributed by atoms with Crippen molar-refractivity contribution in [1.29, 1.82) is 0 Å². The Morgan fingerprint density at radius 1 is 1.41 bits per heavy atom. The Hall–Kier alpha value is -0.523. The van der Waals surface area contributed by atoms with Crippen molar-refractivity contribution in [2.24, 2.45) is 0 Å². The van der Waals surface area contributed by atoms with Crippen molar-refractivity contribution in [3.05, 3.63) is 33.9 Å². The molecule has 6 nitrogen and oxygen atoms in total.